The molecule has 3 aromatic carbocycles. The quantitative estimate of drug-likeness (QED) is 0.631. The fourth-order valence-electron chi connectivity index (χ4n) is 3.80. The number of amides is 1. The molecule has 25 heavy (non-hydrogen) atoms. The fraction of sp³-hybridized carbons (Fsp3) is 0.0500. The Morgan fingerprint density at radius 1 is 0.920 bits per heavy atom. The van der Waals surface area contributed by atoms with Gasteiger partial charge in [0.05, 0.1) is 7.11 Å². The molecule has 2 aliphatic rings. The van der Waals surface area contributed by atoms with Gasteiger partial charge in [0, 0.05) is 0 Å². The molecule has 0 N–H and O–H groups in total. The van der Waals surface area contributed by atoms with Crippen molar-refractivity contribution in [3.63, 3.8) is 0 Å². The number of anilines is 1. The molecule has 0 bridgehead atoms. The highest BCUT2D eigenvalue weighted by atomic mass is 31.2. The highest BCUT2D eigenvalue weighted by Crippen LogP contribution is 2.73. The van der Waals surface area contributed by atoms with Crippen molar-refractivity contribution < 1.29 is 14.3 Å². The molecule has 1 amide bonds. The first kappa shape index (κ1) is 14.5. The monoisotopic (exact) mass is 348 g/mol. The molecule has 5 heteroatoms. The van der Waals surface area contributed by atoms with Crippen LogP contribution < -0.4 is 25.3 Å². The highest BCUT2D eigenvalue weighted by Gasteiger charge is 2.70. The van der Waals surface area contributed by atoms with Crippen molar-refractivity contribution in [1.82, 2.24) is 0 Å². The number of carbonyl (C=O) groups excluding carboxylic acids is 1. The van der Waals surface area contributed by atoms with E-state index in [0.717, 1.165) is 33.1 Å². The van der Waals surface area contributed by atoms with Gasteiger partial charge in [-0.1, -0.05) is 36.4 Å². The summed E-state index contributed by atoms with van der Waals surface area (Å²) >= 11 is 0. The number of nitrogens with zero attached hydrogens (tertiary/aromatic N) is 1. The molecule has 5 rings (SSSR count). The van der Waals surface area contributed by atoms with Crippen molar-refractivity contribution >= 4 is 35.1 Å². The summed E-state index contributed by atoms with van der Waals surface area (Å²) in [4.78, 5) is 12.7. The summed E-state index contributed by atoms with van der Waals surface area (Å²) in [5.74, 6) is 1.63. The van der Waals surface area contributed by atoms with Gasteiger partial charge in [0.25, 0.3) is 0 Å². The van der Waals surface area contributed by atoms with Crippen LogP contribution in [-0.4, -0.2) is 13.2 Å². The minimum atomic E-state index is -2.28. The summed E-state index contributed by atoms with van der Waals surface area (Å²) in [7, 11) is -0.854. The molecule has 3 aromatic rings. The number of hydrogen-bond acceptors (Lipinski definition) is 3. The van der Waals surface area contributed by atoms with Crippen molar-refractivity contribution in [2.45, 2.75) is 0 Å². The molecule has 1 unspecified atom stereocenters. The third-order valence-electron chi connectivity index (χ3n) is 4.74. The largest absolute Gasteiger partial charge is 0.450 e. The van der Waals surface area contributed by atoms with Crippen LogP contribution in [0.15, 0.2) is 72.8 Å². The smallest absolute Gasteiger partial charge is 0.447 e. The molecule has 4 nitrogen and oxygen atoms in total. The molecule has 2 aliphatic heterocycles. The Morgan fingerprint density at radius 3 is 2.44 bits per heavy atom. The van der Waals surface area contributed by atoms with E-state index in [-0.39, 0.29) is 6.09 Å². The van der Waals surface area contributed by atoms with E-state index in [9.17, 15) is 4.79 Å². The fourth-order valence-corrected chi connectivity index (χ4v) is 8.18. The molecule has 1 atom stereocenters. The summed E-state index contributed by atoms with van der Waals surface area (Å²) in [6.45, 7) is 0. The number of fused-ring (bicyclic) bond motifs is 2. The predicted octanol–water partition coefficient (Wildman–Crippen LogP) is 3.59. The molecule has 0 radical (unpaired) electrons. The number of benzene rings is 3. The van der Waals surface area contributed by atoms with Gasteiger partial charge < -0.3 is 9.47 Å². The number of rotatable bonds is 1. The normalized spacial score (nSPS) is 19.2. The predicted molar refractivity (Wildman–Crippen MR) is 100 cm³/mol. The average molecular weight is 348 g/mol. The summed E-state index contributed by atoms with van der Waals surface area (Å²) in [6, 6.07) is 24.0. The molecule has 0 saturated carbocycles. The third kappa shape index (κ3) is 1.67. The van der Waals surface area contributed by atoms with Gasteiger partial charge in [0.15, 0.2) is 22.1 Å². The number of carbonyl (C=O) groups is 1. The molecule has 0 aliphatic carbocycles. The minimum Gasteiger partial charge on any atom is -0.450 e. The van der Waals surface area contributed by atoms with Gasteiger partial charge >= 0.3 is 6.09 Å². The highest BCUT2D eigenvalue weighted by molar-refractivity contribution is 8.00. The Labute approximate surface area is 146 Å². The van der Waals surface area contributed by atoms with Gasteiger partial charge in [-0.2, -0.15) is 0 Å². The topological polar surface area (TPSA) is 38.8 Å². The number of para-hydroxylation sites is 1. The van der Waals surface area contributed by atoms with Crippen LogP contribution in [0.1, 0.15) is 0 Å². The van der Waals surface area contributed by atoms with E-state index in [4.69, 9.17) is 9.47 Å². The van der Waals surface area contributed by atoms with Gasteiger partial charge in [0.2, 0.25) is 7.41 Å². The maximum atomic E-state index is 12.7. The van der Waals surface area contributed by atoms with Crippen LogP contribution in [0, 0.1) is 0 Å². The Hall–Kier alpha value is -2.84. The summed E-state index contributed by atoms with van der Waals surface area (Å²) in [5.41, 5.74) is 0.871. The van der Waals surface area contributed by atoms with Crippen molar-refractivity contribution in [3.8, 4) is 11.5 Å². The van der Waals surface area contributed by atoms with Crippen LogP contribution in [0.25, 0.3) is 0 Å². The standard InChI is InChI=1S/C20H15NO3P/c1-23-20(22)21-15-10-7-12-17-19(15)25(21,14-8-3-2-4-9-14)18-13-6-5-11-16(18)24-17/h2-13H,1H3/q+1. The lowest BCUT2D eigenvalue weighted by Crippen LogP contribution is -2.57. The molecule has 0 aromatic heterocycles. The Morgan fingerprint density at radius 2 is 1.64 bits per heavy atom. The first-order valence-electron chi connectivity index (χ1n) is 8.02. The van der Waals surface area contributed by atoms with E-state index in [1.54, 1.807) is 0 Å². The lowest BCUT2D eigenvalue weighted by atomic mass is 10.2. The van der Waals surface area contributed by atoms with Crippen LogP contribution in [0.2, 0.25) is 0 Å². The van der Waals surface area contributed by atoms with Crippen LogP contribution in [0.3, 0.4) is 0 Å². The van der Waals surface area contributed by atoms with Gasteiger partial charge in [0.1, 0.15) is 11.0 Å². The Balaban J connectivity index is 1.91. The average Bonchev–Trinajstić information content (AvgIpc) is 2.66. The van der Waals surface area contributed by atoms with E-state index >= 15 is 0 Å². The molecular weight excluding hydrogens is 333 g/mol. The second-order valence-electron chi connectivity index (χ2n) is 5.95. The second-order valence-corrected chi connectivity index (χ2v) is 9.06. The van der Waals surface area contributed by atoms with Crippen molar-refractivity contribution in [1.29, 1.82) is 0 Å². The third-order valence-corrected chi connectivity index (χ3v) is 8.93. The number of hydrogen-bond donors (Lipinski definition) is 0. The van der Waals surface area contributed by atoms with Crippen molar-refractivity contribution in [2.75, 3.05) is 11.8 Å². The van der Waals surface area contributed by atoms with Gasteiger partial charge in [-0.15, -0.1) is 4.67 Å². The zero-order valence-corrected chi connectivity index (χ0v) is 14.4. The maximum absolute atomic E-state index is 12.7. The van der Waals surface area contributed by atoms with Crippen LogP contribution >= 0.6 is 7.41 Å². The second kappa shape index (κ2) is 5.08. The number of ether oxygens (including phenoxy) is 2. The molecular formula is C20H15NO3P+. The molecule has 122 valence electrons. The van der Waals surface area contributed by atoms with Gasteiger partial charge in [-0.3, -0.25) is 0 Å². The SMILES string of the molecule is COC(=O)N1c2cccc3c2[P+]1(c1ccccc1)c1ccccc1O3. The lowest BCUT2D eigenvalue weighted by molar-refractivity contribution is 0.183. The van der Waals surface area contributed by atoms with Gasteiger partial charge in [-0.05, 0) is 36.4 Å². The van der Waals surface area contributed by atoms with Crippen LogP contribution in [-0.2, 0) is 4.74 Å². The molecule has 2 heterocycles. The number of methoxy groups -OCH3 is 1. The first-order valence-corrected chi connectivity index (χ1v) is 9.77. The summed E-state index contributed by atoms with van der Waals surface area (Å²) in [6.07, 6.45) is -0.335. The molecule has 0 fully saturated rings. The van der Waals surface area contributed by atoms with E-state index < -0.39 is 7.41 Å². The van der Waals surface area contributed by atoms with E-state index in [1.165, 1.54) is 7.11 Å². The van der Waals surface area contributed by atoms with Crippen LogP contribution in [0.5, 0.6) is 11.5 Å². The Bertz CT molecular complexity index is 1000. The van der Waals surface area contributed by atoms with Crippen molar-refractivity contribution in [3.05, 3.63) is 72.8 Å². The summed E-state index contributed by atoms with van der Waals surface area (Å²) in [5, 5.41) is 3.29. The lowest BCUT2D eigenvalue weighted by Gasteiger charge is -2.46. The maximum Gasteiger partial charge on any atom is 0.447 e. The minimum absolute atomic E-state index is 0.335. The first-order chi connectivity index (χ1) is 12.3. The van der Waals surface area contributed by atoms with Crippen LogP contribution in [0.4, 0.5) is 10.5 Å². The van der Waals surface area contributed by atoms with E-state index in [1.807, 2.05) is 59.3 Å². The molecule has 0 saturated heterocycles. The van der Waals surface area contributed by atoms with E-state index in [2.05, 4.69) is 18.2 Å². The molecule has 0 spiro atoms. The zero-order valence-electron chi connectivity index (χ0n) is 13.5. The zero-order chi connectivity index (χ0) is 17.0. The Kier molecular flexibility index (Phi) is 2.94. The van der Waals surface area contributed by atoms with E-state index in [0.29, 0.717) is 0 Å². The van der Waals surface area contributed by atoms with Crippen molar-refractivity contribution in [2.24, 2.45) is 0 Å². The van der Waals surface area contributed by atoms with Gasteiger partial charge in [-0.25, -0.2) is 4.79 Å². The summed E-state index contributed by atoms with van der Waals surface area (Å²) < 4.78 is 13.1.